The molecule has 2 aliphatic rings. The van der Waals surface area contributed by atoms with Gasteiger partial charge in [-0.05, 0) is 42.9 Å². The summed E-state index contributed by atoms with van der Waals surface area (Å²) in [5, 5.41) is 3.13. The topological polar surface area (TPSA) is 64.4 Å². The molecule has 4 nitrogen and oxygen atoms in total. The Bertz CT molecular complexity index is 527. The highest BCUT2D eigenvalue weighted by Gasteiger charge is 2.38. The number of benzene rings is 1. The lowest BCUT2D eigenvalue weighted by Gasteiger charge is -2.33. The molecular weight excluding hydrogens is 320 g/mol. The summed E-state index contributed by atoms with van der Waals surface area (Å²) in [6, 6.07) is 6.23. The lowest BCUT2D eigenvalue weighted by atomic mass is 9.90. The number of nitrogens with two attached hydrogens (primary N) is 1. The molecule has 1 aliphatic heterocycles. The molecule has 1 atom stereocenters. The Hall–Kier alpha value is -0.910. The van der Waals surface area contributed by atoms with Crippen molar-refractivity contribution in [1.82, 2.24) is 5.32 Å². The van der Waals surface area contributed by atoms with Crippen LogP contribution in [0, 0.1) is 0 Å². The molecule has 1 amide bonds. The number of fused-ring (bicyclic) bond motifs is 1. The van der Waals surface area contributed by atoms with E-state index in [4.69, 9.17) is 10.5 Å². The molecule has 1 aliphatic carbocycles. The highest BCUT2D eigenvalue weighted by atomic mass is 79.9. The average molecular weight is 339 g/mol. The molecular formula is C15H19BrN2O2. The Morgan fingerprint density at radius 1 is 1.40 bits per heavy atom. The van der Waals surface area contributed by atoms with Crippen molar-refractivity contribution < 1.29 is 9.53 Å². The third-order valence-electron chi connectivity index (χ3n) is 4.36. The summed E-state index contributed by atoms with van der Waals surface area (Å²) in [5.74, 6) is -0.0429. The van der Waals surface area contributed by atoms with Gasteiger partial charge >= 0.3 is 0 Å². The fraction of sp³-hybridized carbons (Fsp3) is 0.533. The summed E-state index contributed by atoms with van der Waals surface area (Å²) < 4.78 is 6.42. The van der Waals surface area contributed by atoms with Gasteiger partial charge in [0.1, 0.15) is 0 Å². The maximum Gasteiger partial charge on any atom is 0.240 e. The zero-order chi connectivity index (χ0) is 14.2. The Balaban J connectivity index is 1.74. The Kier molecular flexibility index (Phi) is 3.84. The number of hydrogen-bond acceptors (Lipinski definition) is 3. The first-order valence-electron chi connectivity index (χ1n) is 7.05. The number of rotatable bonds is 2. The first-order valence-corrected chi connectivity index (χ1v) is 7.84. The van der Waals surface area contributed by atoms with Gasteiger partial charge in [-0.3, -0.25) is 4.79 Å². The summed E-state index contributed by atoms with van der Waals surface area (Å²) in [6.45, 7) is 1.13. The number of ether oxygens (including phenoxy) is 1. The molecule has 1 saturated heterocycles. The molecule has 3 N–H and O–H groups in total. The Labute approximate surface area is 127 Å². The van der Waals surface area contributed by atoms with E-state index in [0.29, 0.717) is 26.1 Å². The first-order chi connectivity index (χ1) is 9.60. The van der Waals surface area contributed by atoms with Gasteiger partial charge in [0, 0.05) is 17.7 Å². The summed E-state index contributed by atoms with van der Waals surface area (Å²) in [4.78, 5) is 12.5. The van der Waals surface area contributed by atoms with Crippen molar-refractivity contribution in [3.8, 4) is 0 Å². The van der Waals surface area contributed by atoms with Crippen molar-refractivity contribution in [2.75, 3.05) is 13.2 Å². The molecule has 0 saturated carbocycles. The van der Waals surface area contributed by atoms with Crippen LogP contribution in [-0.2, 0) is 16.0 Å². The third kappa shape index (κ3) is 2.50. The van der Waals surface area contributed by atoms with E-state index in [-0.39, 0.29) is 11.9 Å². The van der Waals surface area contributed by atoms with Gasteiger partial charge in [-0.2, -0.15) is 0 Å². The molecule has 5 heteroatoms. The molecule has 1 fully saturated rings. The second-order valence-electron chi connectivity index (χ2n) is 5.64. The van der Waals surface area contributed by atoms with Crippen LogP contribution in [0.4, 0.5) is 0 Å². The van der Waals surface area contributed by atoms with Crippen LogP contribution in [-0.4, -0.2) is 24.7 Å². The zero-order valence-electron chi connectivity index (χ0n) is 11.3. The second-order valence-corrected chi connectivity index (χ2v) is 6.50. The fourth-order valence-electron chi connectivity index (χ4n) is 3.02. The predicted octanol–water partition coefficient (Wildman–Crippen LogP) is 2.06. The van der Waals surface area contributed by atoms with Gasteiger partial charge in [-0.1, -0.05) is 28.1 Å². The maximum absolute atomic E-state index is 12.5. The van der Waals surface area contributed by atoms with Crippen LogP contribution < -0.4 is 11.1 Å². The minimum absolute atomic E-state index is 0.0429. The number of carbonyl (C=O) groups excluding carboxylic acids is 1. The molecule has 0 bridgehead atoms. The smallest absolute Gasteiger partial charge is 0.240 e. The zero-order valence-corrected chi connectivity index (χ0v) is 12.9. The van der Waals surface area contributed by atoms with Crippen molar-refractivity contribution in [3.63, 3.8) is 0 Å². The number of hydrogen-bond donors (Lipinski definition) is 2. The number of halogens is 1. The average Bonchev–Trinajstić information content (AvgIpc) is 2.84. The van der Waals surface area contributed by atoms with E-state index in [1.165, 1.54) is 11.1 Å². The minimum Gasteiger partial charge on any atom is -0.381 e. The maximum atomic E-state index is 12.5. The monoisotopic (exact) mass is 338 g/mol. The van der Waals surface area contributed by atoms with Crippen LogP contribution >= 0.6 is 15.9 Å². The number of carbonyl (C=O) groups is 1. The number of amides is 1. The number of nitrogens with one attached hydrogen (secondary N) is 1. The van der Waals surface area contributed by atoms with E-state index in [1.54, 1.807) is 0 Å². The molecule has 0 aromatic heterocycles. The molecule has 1 aromatic rings. The van der Waals surface area contributed by atoms with Crippen LogP contribution in [0.3, 0.4) is 0 Å². The molecule has 3 rings (SSSR count). The summed E-state index contributed by atoms with van der Waals surface area (Å²) >= 11 is 3.57. The molecule has 1 heterocycles. The van der Waals surface area contributed by atoms with Crippen LogP contribution in [0.25, 0.3) is 0 Å². The van der Waals surface area contributed by atoms with Crippen LogP contribution in [0.2, 0.25) is 0 Å². The quantitative estimate of drug-likeness (QED) is 0.867. The fourth-order valence-corrected chi connectivity index (χ4v) is 3.60. The molecule has 0 radical (unpaired) electrons. The third-order valence-corrected chi connectivity index (χ3v) is 5.10. The lowest BCUT2D eigenvalue weighted by Crippen LogP contribution is -2.57. The lowest BCUT2D eigenvalue weighted by molar-refractivity contribution is -0.130. The van der Waals surface area contributed by atoms with Gasteiger partial charge in [0.15, 0.2) is 0 Å². The predicted molar refractivity (Wildman–Crippen MR) is 80.3 cm³/mol. The van der Waals surface area contributed by atoms with E-state index in [2.05, 4.69) is 27.3 Å². The summed E-state index contributed by atoms with van der Waals surface area (Å²) in [7, 11) is 0. The molecule has 108 valence electrons. The summed E-state index contributed by atoms with van der Waals surface area (Å²) in [5.41, 5.74) is 7.97. The Morgan fingerprint density at radius 2 is 2.15 bits per heavy atom. The first kappa shape index (κ1) is 14.0. The van der Waals surface area contributed by atoms with Crippen LogP contribution in [0.1, 0.15) is 36.4 Å². The molecule has 1 aromatic carbocycles. The highest BCUT2D eigenvalue weighted by molar-refractivity contribution is 9.10. The van der Waals surface area contributed by atoms with Crippen molar-refractivity contribution in [2.24, 2.45) is 5.73 Å². The second kappa shape index (κ2) is 5.47. The molecule has 20 heavy (non-hydrogen) atoms. The minimum atomic E-state index is -0.771. The van der Waals surface area contributed by atoms with Crippen LogP contribution in [0.5, 0.6) is 0 Å². The van der Waals surface area contributed by atoms with Crippen molar-refractivity contribution in [3.05, 3.63) is 33.8 Å². The standard InChI is InChI=1S/C15H19BrN2O2/c16-12-3-1-2-11-10(12)4-5-13(11)18-14(19)15(17)6-8-20-9-7-15/h1-3,13H,4-9,17H2,(H,18,19). The van der Waals surface area contributed by atoms with E-state index < -0.39 is 5.54 Å². The Morgan fingerprint density at radius 3 is 2.90 bits per heavy atom. The normalized spacial score (nSPS) is 24.2. The molecule has 1 unspecified atom stereocenters. The van der Waals surface area contributed by atoms with E-state index in [9.17, 15) is 4.79 Å². The largest absolute Gasteiger partial charge is 0.381 e. The highest BCUT2D eigenvalue weighted by Crippen LogP contribution is 2.36. The van der Waals surface area contributed by atoms with Gasteiger partial charge in [0.25, 0.3) is 0 Å². The van der Waals surface area contributed by atoms with E-state index in [1.807, 2.05) is 12.1 Å². The SMILES string of the molecule is NC1(C(=O)NC2CCc3c(Br)cccc32)CCOCC1. The van der Waals surface area contributed by atoms with Gasteiger partial charge in [-0.25, -0.2) is 0 Å². The van der Waals surface area contributed by atoms with E-state index >= 15 is 0 Å². The summed E-state index contributed by atoms with van der Waals surface area (Å²) in [6.07, 6.45) is 3.12. The van der Waals surface area contributed by atoms with Crippen molar-refractivity contribution in [1.29, 1.82) is 0 Å². The van der Waals surface area contributed by atoms with Crippen LogP contribution in [0.15, 0.2) is 22.7 Å². The van der Waals surface area contributed by atoms with Crippen molar-refractivity contribution in [2.45, 2.75) is 37.3 Å². The van der Waals surface area contributed by atoms with E-state index in [0.717, 1.165) is 17.3 Å². The van der Waals surface area contributed by atoms with Crippen molar-refractivity contribution >= 4 is 21.8 Å². The van der Waals surface area contributed by atoms with Gasteiger partial charge in [-0.15, -0.1) is 0 Å². The van der Waals surface area contributed by atoms with Gasteiger partial charge in [0.05, 0.1) is 11.6 Å². The van der Waals surface area contributed by atoms with Gasteiger partial charge < -0.3 is 15.8 Å². The van der Waals surface area contributed by atoms with Gasteiger partial charge in [0.2, 0.25) is 5.91 Å². The molecule has 0 spiro atoms.